The van der Waals surface area contributed by atoms with Crippen LogP contribution in [-0.4, -0.2) is 27.8 Å². The van der Waals surface area contributed by atoms with Gasteiger partial charge in [-0.3, -0.25) is 0 Å². The maximum Gasteiger partial charge on any atom is 0.134 e. The first kappa shape index (κ1) is 10.2. The summed E-state index contributed by atoms with van der Waals surface area (Å²) in [5, 5.41) is 11.5. The zero-order valence-corrected chi connectivity index (χ0v) is 7.89. The van der Waals surface area contributed by atoms with Gasteiger partial charge in [-0.1, -0.05) is 24.0 Å². The summed E-state index contributed by atoms with van der Waals surface area (Å²) < 4.78 is 0.768. The average Bonchev–Trinajstić information content (AvgIpc) is 1.82. The lowest BCUT2D eigenvalue weighted by atomic mass is 10.4. The van der Waals surface area contributed by atoms with Crippen molar-refractivity contribution >= 4 is 28.3 Å². The molecular formula is C6H13NOS2. The molecule has 0 aliphatic rings. The molecule has 0 aromatic heterocycles. The maximum absolute atomic E-state index is 8.44. The molecule has 2 nitrogen and oxygen atoms in total. The average molecular weight is 179 g/mol. The van der Waals surface area contributed by atoms with Gasteiger partial charge >= 0.3 is 0 Å². The third kappa shape index (κ3) is 6.32. The van der Waals surface area contributed by atoms with E-state index >= 15 is 0 Å². The minimum Gasteiger partial charge on any atom is -0.396 e. The normalized spacial score (nSPS) is 10.0. The first-order valence-corrected chi connectivity index (χ1v) is 4.60. The predicted molar refractivity (Wildman–Crippen MR) is 50.4 cm³/mol. The van der Waals surface area contributed by atoms with Crippen molar-refractivity contribution in [3.8, 4) is 0 Å². The number of thiocarbonyl (C=S) groups is 1. The van der Waals surface area contributed by atoms with Crippen LogP contribution in [0.3, 0.4) is 0 Å². The number of aliphatic hydroxyl groups excluding tert-OH is 1. The smallest absolute Gasteiger partial charge is 0.134 e. The van der Waals surface area contributed by atoms with Crippen molar-refractivity contribution in [1.82, 2.24) is 5.32 Å². The Balaban J connectivity index is 3.26. The Kier molecular flexibility index (Phi) is 6.06. The molecule has 60 valence electrons. The monoisotopic (exact) mass is 179 g/mol. The Morgan fingerprint density at radius 1 is 1.70 bits per heavy atom. The van der Waals surface area contributed by atoms with Gasteiger partial charge in [-0.15, -0.1) is 0 Å². The van der Waals surface area contributed by atoms with Gasteiger partial charge in [0.05, 0.1) is 6.61 Å². The minimum atomic E-state index is 0.185. The van der Waals surface area contributed by atoms with Crippen LogP contribution >= 0.6 is 24.0 Å². The van der Waals surface area contributed by atoms with Crippen molar-refractivity contribution < 1.29 is 5.11 Å². The third-order valence-electron chi connectivity index (χ3n) is 0.731. The highest BCUT2D eigenvalue weighted by molar-refractivity contribution is 8.22. The van der Waals surface area contributed by atoms with Crippen molar-refractivity contribution in [1.29, 1.82) is 0 Å². The highest BCUT2D eigenvalue weighted by Gasteiger charge is 1.97. The van der Waals surface area contributed by atoms with E-state index in [9.17, 15) is 0 Å². The van der Waals surface area contributed by atoms with Crippen LogP contribution in [0.5, 0.6) is 0 Å². The lowest BCUT2D eigenvalue weighted by molar-refractivity contribution is 0.323. The van der Waals surface area contributed by atoms with Gasteiger partial charge in [0, 0.05) is 11.8 Å². The predicted octanol–water partition coefficient (Wildman–Crippen LogP) is 0.995. The summed E-state index contributed by atoms with van der Waals surface area (Å²) >= 11 is 6.41. The zero-order valence-electron chi connectivity index (χ0n) is 6.26. The molecule has 0 rings (SSSR count). The zero-order chi connectivity index (χ0) is 7.98. The number of aliphatic hydroxyl groups is 1. The van der Waals surface area contributed by atoms with E-state index in [1.807, 2.05) is 13.8 Å². The topological polar surface area (TPSA) is 32.3 Å². The van der Waals surface area contributed by atoms with Gasteiger partial charge in [-0.05, 0) is 13.8 Å². The molecule has 10 heavy (non-hydrogen) atoms. The molecule has 0 saturated heterocycles. The van der Waals surface area contributed by atoms with Gasteiger partial charge in [0.2, 0.25) is 0 Å². The first-order chi connectivity index (χ1) is 4.66. The summed E-state index contributed by atoms with van der Waals surface area (Å²) in [6.07, 6.45) is 0. The molecule has 0 aliphatic heterocycles. The van der Waals surface area contributed by atoms with Crippen molar-refractivity contribution in [2.75, 3.05) is 12.4 Å². The summed E-state index contributed by atoms with van der Waals surface area (Å²) in [5.41, 5.74) is 0. The largest absolute Gasteiger partial charge is 0.396 e. The van der Waals surface area contributed by atoms with E-state index in [2.05, 4.69) is 5.32 Å². The molecule has 0 amide bonds. The van der Waals surface area contributed by atoms with E-state index in [-0.39, 0.29) is 6.61 Å². The number of hydrogen-bond acceptors (Lipinski definition) is 3. The fourth-order valence-corrected chi connectivity index (χ4v) is 1.50. The summed E-state index contributed by atoms with van der Waals surface area (Å²) in [7, 11) is 0. The van der Waals surface area contributed by atoms with E-state index in [0.29, 0.717) is 11.8 Å². The molecule has 2 N–H and O–H groups in total. The number of hydrogen-bond donors (Lipinski definition) is 2. The van der Waals surface area contributed by atoms with E-state index in [0.717, 1.165) is 4.32 Å². The Bertz CT molecular complexity index is 106. The second-order valence-corrected chi connectivity index (χ2v) is 3.93. The van der Waals surface area contributed by atoms with Crippen LogP contribution in [0.15, 0.2) is 0 Å². The quantitative estimate of drug-likeness (QED) is 0.633. The van der Waals surface area contributed by atoms with Gasteiger partial charge in [-0.25, -0.2) is 0 Å². The standard InChI is InChI=1S/C6H13NOS2/c1-5(2)7-6(9)10-4-3-8/h5,8H,3-4H2,1-2H3,(H,7,9). The molecule has 0 spiro atoms. The number of thioether (sulfide) groups is 1. The van der Waals surface area contributed by atoms with Crippen LogP contribution < -0.4 is 5.32 Å². The highest BCUT2D eigenvalue weighted by Crippen LogP contribution is 2.00. The third-order valence-corrected chi connectivity index (χ3v) is 1.97. The lowest BCUT2D eigenvalue weighted by Crippen LogP contribution is -2.26. The van der Waals surface area contributed by atoms with Crippen LogP contribution in [0.1, 0.15) is 13.8 Å². The van der Waals surface area contributed by atoms with Gasteiger partial charge < -0.3 is 10.4 Å². The second-order valence-electron chi connectivity index (χ2n) is 2.16. The second kappa shape index (κ2) is 5.95. The van der Waals surface area contributed by atoms with E-state index in [1.165, 1.54) is 11.8 Å². The van der Waals surface area contributed by atoms with E-state index in [1.54, 1.807) is 0 Å². The molecule has 0 unspecified atom stereocenters. The summed E-state index contributed by atoms with van der Waals surface area (Å²) in [6.45, 7) is 4.25. The van der Waals surface area contributed by atoms with Gasteiger partial charge in [0.25, 0.3) is 0 Å². The first-order valence-electron chi connectivity index (χ1n) is 3.21. The highest BCUT2D eigenvalue weighted by atomic mass is 32.2. The van der Waals surface area contributed by atoms with E-state index < -0.39 is 0 Å². The molecule has 0 bridgehead atoms. The molecule has 0 aliphatic carbocycles. The molecule has 0 fully saturated rings. The van der Waals surface area contributed by atoms with E-state index in [4.69, 9.17) is 17.3 Å². The molecule has 0 heterocycles. The maximum atomic E-state index is 8.44. The Morgan fingerprint density at radius 3 is 2.70 bits per heavy atom. The SMILES string of the molecule is CC(C)NC(=S)SCCO. The lowest BCUT2D eigenvalue weighted by Gasteiger charge is -2.08. The number of rotatable bonds is 3. The van der Waals surface area contributed by atoms with Crippen LogP contribution in [0.25, 0.3) is 0 Å². The van der Waals surface area contributed by atoms with Gasteiger partial charge in [-0.2, -0.15) is 0 Å². The Labute approximate surface area is 71.4 Å². The molecule has 0 atom stereocenters. The number of nitrogens with one attached hydrogen (secondary N) is 1. The fraction of sp³-hybridized carbons (Fsp3) is 0.833. The molecule has 4 heteroatoms. The molecule has 0 radical (unpaired) electrons. The Morgan fingerprint density at radius 2 is 2.30 bits per heavy atom. The van der Waals surface area contributed by atoms with Gasteiger partial charge in [0.15, 0.2) is 0 Å². The molecule has 0 saturated carbocycles. The Hall–Kier alpha value is 0.200. The minimum absolute atomic E-state index is 0.185. The van der Waals surface area contributed by atoms with Crippen molar-refractivity contribution in [3.05, 3.63) is 0 Å². The van der Waals surface area contributed by atoms with Crippen LogP contribution in [0.2, 0.25) is 0 Å². The molecule has 0 aromatic rings. The van der Waals surface area contributed by atoms with Crippen molar-refractivity contribution in [2.24, 2.45) is 0 Å². The van der Waals surface area contributed by atoms with Gasteiger partial charge in [0.1, 0.15) is 4.32 Å². The van der Waals surface area contributed by atoms with Crippen LogP contribution in [-0.2, 0) is 0 Å². The van der Waals surface area contributed by atoms with Crippen LogP contribution in [0.4, 0.5) is 0 Å². The summed E-state index contributed by atoms with van der Waals surface area (Å²) in [4.78, 5) is 0. The molecule has 0 aromatic carbocycles. The summed E-state index contributed by atoms with van der Waals surface area (Å²) in [6, 6.07) is 0.388. The molecular weight excluding hydrogens is 166 g/mol. The van der Waals surface area contributed by atoms with Crippen LogP contribution in [0, 0.1) is 0 Å². The summed E-state index contributed by atoms with van der Waals surface area (Å²) in [5.74, 6) is 0.679. The fourth-order valence-electron chi connectivity index (χ4n) is 0.416. The van der Waals surface area contributed by atoms with Crippen molar-refractivity contribution in [2.45, 2.75) is 19.9 Å². The van der Waals surface area contributed by atoms with Crippen molar-refractivity contribution in [3.63, 3.8) is 0 Å².